The number of hydrogen-bond donors (Lipinski definition) is 1. The van der Waals surface area contributed by atoms with Gasteiger partial charge in [0.1, 0.15) is 5.82 Å². The third-order valence-electron chi connectivity index (χ3n) is 3.11. The van der Waals surface area contributed by atoms with Crippen LogP contribution in [0.3, 0.4) is 0 Å². The van der Waals surface area contributed by atoms with Gasteiger partial charge in [-0.1, -0.05) is 0 Å². The maximum absolute atomic E-state index is 12.9. The first-order chi connectivity index (χ1) is 9.82. The standard InChI is InChI=1S/C15H14F4N2/c1-2-21(11-5-3-10(16)4-6-11)12-7-8-14(20)13(9-12)15(17,18)19/h3-9H,2,20H2,1H3. The highest BCUT2D eigenvalue weighted by atomic mass is 19.4. The van der Waals surface area contributed by atoms with Gasteiger partial charge >= 0.3 is 6.18 Å². The summed E-state index contributed by atoms with van der Waals surface area (Å²) in [4.78, 5) is 1.65. The van der Waals surface area contributed by atoms with Crippen molar-refractivity contribution in [3.8, 4) is 0 Å². The molecule has 0 bridgehead atoms. The van der Waals surface area contributed by atoms with E-state index in [2.05, 4.69) is 0 Å². The Balaban J connectivity index is 2.46. The first kappa shape index (κ1) is 15.2. The second kappa shape index (κ2) is 5.63. The van der Waals surface area contributed by atoms with Gasteiger partial charge in [0, 0.05) is 23.6 Å². The molecule has 0 spiro atoms. The Morgan fingerprint density at radius 1 is 1.00 bits per heavy atom. The van der Waals surface area contributed by atoms with Gasteiger partial charge in [0.2, 0.25) is 0 Å². The van der Waals surface area contributed by atoms with Gasteiger partial charge in [0.25, 0.3) is 0 Å². The lowest BCUT2D eigenvalue weighted by Gasteiger charge is -2.24. The third kappa shape index (κ3) is 3.26. The van der Waals surface area contributed by atoms with Gasteiger partial charge in [-0.2, -0.15) is 13.2 Å². The molecule has 0 atom stereocenters. The molecular formula is C15H14F4N2. The molecule has 2 aromatic rings. The Kier molecular flexibility index (Phi) is 4.06. The first-order valence-electron chi connectivity index (χ1n) is 6.32. The van der Waals surface area contributed by atoms with E-state index in [0.717, 1.165) is 6.07 Å². The molecule has 0 aliphatic carbocycles. The molecule has 2 rings (SSSR count). The van der Waals surface area contributed by atoms with Crippen LogP contribution in [0.4, 0.5) is 34.6 Å². The van der Waals surface area contributed by atoms with E-state index in [9.17, 15) is 17.6 Å². The Morgan fingerprint density at radius 3 is 2.10 bits per heavy atom. The molecule has 0 saturated carbocycles. The number of alkyl halides is 3. The number of nitrogens with two attached hydrogens (primary N) is 1. The largest absolute Gasteiger partial charge is 0.418 e. The molecule has 0 unspecified atom stereocenters. The number of rotatable bonds is 3. The van der Waals surface area contributed by atoms with Gasteiger partial charge in [-0.05, 0) is 49.4 Å². The van der Waals surface area contributed by atoms with Crippen LogP contribution in [-0.4, -0.2) is 6.54 Å². The minimum absolute atomic E-state index is 0.318. The highest BCUT2D eigenvalue weighted by Gasteiger charge is 2.33. The predicted molar refractivity (Wildman–Crippen MR) is 74.9 cm³/mol. The van der Waals surface area contributed by atoms with E-state index in [1.165, 1.54) is 36.4 Å². The van der Waals surface area contributed by atoms with Crippen molar-refractivity contribution >= 4 is 17.1 Å². The van der Waals surface area contributed by atoms with Crippen molar-refractivity contribution in [2.24, 2.45) is 0 Å². The zero-order valence-corrected chi connectivity index (χ0v) is 11.3. The van der Waals surface area contributed by atoms with Crippen molar-refractivity contribution in [1.82, 2.24) is 0 Å². The van der Waals surface area contributed by atoms with Crippen LogP contribution in [0.2, 0.25) is 0 Å². The highest BCUT2D eigenvalue weighted by Crippen LogP contribution is 2.37. The molecule has 21 heavy (non-hydrogen) atoms. The van der Waals surface area contributed by atoms with Gasteiger partial charge in [0.05, 0.1) is 5.56 Å². The van der Waals surface area contributed by atoms with Gasteiger partial charge in [-0.15, -0.1) is 0 Å². The zero-order valence-electron chi connectivity index (χ0n) is 11.3. The molecule has 0 aromatic heterocycles. The van der Waals surface area contributed by atoms with Crippen molar-refractivity contribution < 1.29 is 17.6 Å². The van der Waals surface area contributed by atoms with Crippen molar-refractivity contribution in [2.45, 2.75) is 13.1 Å². The van der Waals surface area contributed by atoms with Crippen molar-refractivity contribution in [3.63, 3.8) is 0 Å². The third-order valence-corrected chi connectivity index (χ3v) is 3.11. The van der Waals surface area contributed by atoms with Crippen molar-refractivity contribution in [3.05, 3.63) is 53.8 Å². The molecule has 2 N–H and O–H groups in total. The summed E-state index contributed by atoms with van der Waals surface area (Å²) >= 11 is 0. The summed E-state index contributed by atoms with van der Waals surface area (Å²) in [6.07, 6.45) is -4.51. The number of benzene rings is 2. The SMILES string of the molecule is CCN(c1ccc(F)cc1)c1ccc(N)c(C(F)(F)F)c1. The summed E-state index contributed by atoms with van der Waals surface area (Å²) in [5.41, 5.74) is 5.16. The molecule has 0 saturated heterocycles. The predicted octanol–water partition coefficient (Wildman–Crippen LogP) is 4.58. The van der Waals surface area contributed by atoms with Gasteiger partial charge in [0.15, 0.2) is 0 Å². The summed E-state index contributed by atoms with van der Waals surface area (Å²) in [5.74, 6) is -0.400. The lowest BCUT2D eigenvalue weighted by molar-refractivity contribution is -0.136. The monoisotopic (exact) mass is 298 g/mol. The molecule has 112 valence electrons. The summed E-state index contributed by atoms with van der Waals surface area (Å²) in [5, 5.41) is 0. The normalized spacial score (nSPS) is 11.5. The van der Waals surface area contributed by atoms with E-state index in [0.29, 0.717) is 17.9 Å². The van der Waals surface area contributed by atoms with E-state index < -0.39 is 17.6 Å². The number of halogens is 4. The van der Waals surface area contributed by atoms with E-state index in [4.69, 9.17) is 5.73 Å². The molecule has 0 aliphatic heterocycles. The Labute approximate surface area is 119 Å². The quantitative estimate of drug-likeness (QED) is 0.663. The van der Waals surface area contributed by atoms with Crippen LogP contribution in [-0.2, 0) is 6.18 Å². The number of nitrogens with zero attached hydrogens (tertiary/aromatic N) is 1. The summed E-state index contributed by atoms with van der Waals surface area (Å²) in [7, 11) is 0. The van der Waals surface area contributed by atoms with Crippen molar-refractivity contribution in [1.29, 1.82) is 0 Å². The minimum Gasteiger partial charge on any atom is -0.398 e. The average molecular weight is 298 g/mol. The lowest BCUT2D eigenvalue weighted by Crippen LogP contribution is -2.17. The van der Waals surface area contributed by atoms with Crippen LogP contribution >= 0.6 is 0 Å². The maximum Gasteiger partial charge on any atom is 0.418 e. The van der Waals surface area contributed by atoms with Crippen LogP contribution in [0.15, 0.2) is 42.5 Å². The maximum atomic E-state index is 12.9. The topological polar surface area (TPSA) is 29.3 Å². The highest BCUT2D eigenvalue weighted by molar-refractivity contribution is 5.67. The molecule has 6 heteroatoms. The second-order valence-corrected chi connectivity index (χ2v) is 4.49. The smallest absolute Gasteiger partial charge is 0.398 e. The average Bonchev–Trinajstić information content (AvgIpc) is 2.42. The van der Waals surface area contributed by atoms with E-state index >= 15 is 0 Å². The number of anilines is 3. The Bertz CT molecular complexity index is 621. The van der Waals surface area contributed by atoms with Gasteiger partial charge < -0.3 is 10.6 Å². The lowest BCUT2D eigenvalue weighted by atomic mass is 10.1. The Hall–Kier alpha value is -2.24. The van der Waals surface area contributed by atoms with Crippen LogP contribution in [0.5, 0.6) is 0 Å². The fraction of sp³-hybridized carbons (Fsp3) is 0.200. The molecule has 2 aromatic carbocycles. The molecular weight excluding hydrogens is 284 g/mol. The molecule has 0 fully saturated rings. The molecule has 2 nitrogen and oxygen atoms in total. The van der Waals surface area contributed by atoms with E-state index in [1.54, 1.807) is 11.8 Å². The molecule has 0 heterocycles. The first-order valence-corrected chi connectivity index (χ1v) is 6.32. The van der Waals surface area contributed by atoms with E-state index in [1.807, 2.05) is 0 Å². The molecule has 0 radical (unpaired) electrons. The zero-order chi connectivity index (χ0) is 15.6. The minimum atomic E-state index is -4.51. The fourth-order valence-electron chi connectivity index (χ4n) is 2.09. The van der Waals surface area contributed by atoms with E-state index in [-0.39, 0.29) is 5.69 Å². The Morgan fingerprint density at radius 2 is 1.57 bits per heavy atom. The van der Waals surface area contributed by atoms with Crippen molar-refractivity contribution in [2.75, 3.05) is 17.2 Å². The van der Waals surface area contributed by atoms with Crippen LogP contribution in [0.25, 0.3) is 0 Å². The second-order valence-electron chi connectivity index (χ2n) is 4.49. The molecule has 0 amide bonds. The number of nitrogen functional groups attached to an aromatic ring is 1. The van der Waals surface area contributed by atoms with Crippen LogP contribution < -0.4 is 10.6 Å². The summed E-state index contributed by atoms with van der Waals surface area (Å²) in [6, 6.07) is 9.30. The fourth-order valence-corrected chi connectivity index (χ4v) is 2.09. The van der Waals surface area contributed by atoms with Crippen LogP contribution in [0, 0.1) is 5.82 Å². The van der Waals surface area contributed by atoms with Gasteiger partial charge in [-0.25, -0.2) is 4.39 Å². The van der Waals surface area contributed by atoms with Gasteiger partial charge in [-0.3, -0.25) is 0 Å². The summed E-state index contributed by atoms with van der Waals surface area (Å²) in [6.45, 7) is 2.24. The molecule has 0 aliphatic rings. The van der Waals surface area contributed by atoms with Crippen LogP contribution in [0.1, 0.15) is 12.5 Å². The summed E-state index contributed by atoms with van der Waals surface area (Å²) < 4.78 is 51.7. The number of hydrogen-bond acceptors (Lipinski definition) is 2.